The summed E-state index contributed by atoms with van der Waals surface area (Å²) in [5.74, 6) is -0.365. The molecule has 30 heavy (non-hydrogen) atoms. The highest BCUT2D eigenvalue weighted by Crippen LogP contribution is 2.33. The number of ether oxygens (including phenoxy) is 2. The minimum absolute atomic E-state index is 0.0675. The maximum Gasteiger partial charge on any atom is 0.333 e. The van der Waals surface area contributed by atoms with Gasteiger partial charge in [-0.05, 0) is 51.3 Å². The molecule has 0 spiro atoms. The third-order valence-electron chi connectivity index (χ3n) is 5.68. The van der Waals surface area contributed by atoms with Gasteiger partial charge >= 0.3 is 5.97 Å². The van der Waals surface area contributed by atoms with Crippen molar-refractivity contribution < 1.29 is 14.3 Å². The van der Waals surface area contributed by atoms with E-state index in [4.69, 9.17) is 9.47 Å². The van der Waals surface area contributed by atoms with E-state index in [0.717, 1.165) is 5.56 Å². The minimum Gasteiger partial charge on any atom is -0.456 e. The molecule has 0 aliphatic heterocycles. The van der Waals surface area contributed by atoms with Gasteiger partial charge in [-0.15, -0.1) is 0 Å². The Labute approximate surface area is 182 Å². The van der Waals surface area contributed by atoms with Gasteiger partial charge in [-0.1, -0.05) is 75.0 Å². The molecule has 0 saturated carbocycles. The number of hydrogen-bond donors (Lipinski definition) is 0. The number of hydrogen-bond acceptors (Lipinski definition) is 3. The molecule has 0 bridgehead atoms. The van der Waals surface area contributed by atoms with Gasteiger partial charge in [-0.3, -0.25) is 0 Å². The molecule has 0 unspecified atom stereocenters. The molecular weight excluding hydrogens is 372 g/mol. The first kappa shape index (κ1) is 23.9. The number of carbonyl (C=O) groups is 1. The van der Waals surface area contributed by atoms with Crippen LogP contribution in [0.4, 0.5) is 0 Å². The van der Waals surface area contributed by atoms with E-state index in [2.05, 4.69) is 82.8 Å². The Balaban J connectivity index is 2.03. The second-order valence-electron chi connectivity index (χ2n) is 9.61. The van der Waals surface area contributed by atoms with E-state index in [1.807, 2.05) is 19.9 Å². The molecule has 0 aliphatic carbocycles. The van der Waals surface area contributed by atoms with Crippen molar-refractivity contribution in [2.45, 2.75) is 71.5 Å². The van der Waals surface area contributed by atoms with Crippen LogP contribution in [-0.2, 0) is 25.3 Å². The first-order chi connectivity index (χ1) is 13.8. The third kappa shape index (κ3) is 6.06. The second kappa shape index (κ2) is 9.18. The quantitative estimate of drug-likeness (QED) is 0.348. The molecule has 2 aromatic rings. The average Bonchev–Trinajstić information content (AvgIpc) is 2.68. The van der Waals surface area contributed by atoms with Crippen LogP contribution in [0.3, 0.4) is 0 Å². The van der Waals surface area contributed by atoms with Crippen molar-refractivity contribution in [1.82, 2.24) is 0 Å². The predicted molar refractivity (Wildman–Crippen MR) is 124 cm³/mol. The van der Waals surface area contributed by atoms with Crippen LogP contribution in [0.2, 0.25) is 0 Å². The monoisotopic (exact) mass is 408 g/mol. The van der Waals surface area contributed by atoms with Crippen LogP contribution in [0.15, 0.2) is 66.7 Å². The van der Waals surface area contributed by atoms with Gasteiger partial charge in [0.25, 0.3) is 0 Å². The lowest BCUT2D eigenvalue weighted by atomic mass is 9.77. The number of carbonyl (C=O) groups excluding carboxylic acids is 1. The first-order valence-electron chi connectivity index (χ1n) is 10.5. The Morgan fingerprint density at radius 1 is 0.833 bits per heavy atom. The predicted octanol–water partition coefficient (Wildman–Crippen LogP) is 6.55. The van der Waals surface area contributed by atoms with Crippen LogP contribution < -0.4 is 0 Å². The third-order valence-corrected chi connectivity index (χ3v) is 5.68. The highest BCUT2D eigenvalue weighted by molar-refractivity contribution is 5.87. The molecule has 2 rings (SSSR count). The van der Waals surface area contributed by atoms with E-state index >= 15 is 0 Å². The normalized spacial score (nSPS) is 12.5. The summed E-state index contributed by atoms with van der Waals surface area (Å²) in [7, 11) is 0. The lowest BCUT2D eigenvalue weighted by molar-refractivity contribution is -0.154. The van der Waals surface area contributed by atoms with Gasteiger partial charge in [-0.2, -0.15) is 0 Å². The van der Waals surface area contributed by atoms with Crippen molar-refractivity contribution in [3.63, 3.8) is 0 Å². The fraction of sp³-hybridized carbons (Fsp3) is 0.444. The summed E-state index contributed by atoms with van der Waals surface area (Å²) in [6.07, 6.45) is 0.606. The Hall–Kier alpha value is -2.39. The molecule has 0 radical (unpaired) electrons. The lowest BCUT2D eigenvalue weighted by Gasteiger charge is -2.31. The summed E-state index contributed by atoms with van der Waals surface area (Å²) in [6.45, 7) is 18.2. The van der Waals surface area contributed by atoms with Crippen molar-refractivity contribution in [2.24, 2.45) is 0 Å². The van der Waals surface area contributed by atoms with Crippen LogP contribution in [0.1, 0.15) is 71.6 Å². The van der Waals surface area contributed by atoms with Gasteiger partial charge < -0.3 is 9.47 Å². The first-order valence-corrected chi connectivity index (χ1v) is 10.5. The van der Waals surface area contributed by atoms with Crippen LogP contribution in [-0.4, -0.2) is 18.2 Å². The Morgan fingerprint density at radius 2 is 1.33 bits per heavy atom. The van der Waals surface area contributed by atoms with Crippen LogP contribution >= 0.6 is 0 Å². The standard InChI is InChI=1S/C27H36O3/c1-20(2)24(28)30-25(3,4)18-19-29-27(7,8)23-16-14-22(15-17-23)26(5,6)21-12-10-9-11-13-21/h9-17H,1,18-19H2,2-8H3. The summed E-state index contributed by atoms with van der Waals surface area (Å²) in [5, 5.41) is 0. The molecule has 3 nitrogen and oxygen atoms in total. The smallest absolute Gasteiger partial charge is 0.333 e. The van der Waals surface area contributed by atoms with Gasteiger partial charge in [-0.25, -0.2) is 4.79 Å². The molecule has 0 N–H and O–H groups in total. The van der Waals surface area contributed by atoms with E-state index in [9.17, 15) is 4.79 Å². The Bertz CT molecular complexity index is 859. The summed E-state index contributed by atoms with van der Waals surface area (Å²) < 4.78 is 11.7. The molecule has 0 amide bonds. The molecule has 0 atom stereocenters. The molecule has 0 aliphatic rings. The van der Waals surface area contributed by atoms with Gasteiger partial charge in [0, 0.05) is 17.4 Å². The number of rotatable bonds is 9. The van der Waals surface area contributed by atoms with Gasteiger partial charge in [0.1, 0.15) is 5.60 Å². The molecule has 0 fully saturated rings. The fourth-order valence-electron chi connectivity index (χ4n) is 3.33. The molecule has 2 aromatic carbocycles. The summed E-state index contributed by atoms with van der Waals surface area (Å²) >= 11 is 0. The fourth-order valence-corrected chi connectivity index (χ4v) is 3.33. The number of benzene rings is 2. The zero-order valence-corrected chi connectivity index (χ0v) is 19.5. The zero-order valence-electron chi connectivity index (χ0n) is 19.5. The van der Waals surface area contributed by atoms with E-state index in [1.165, 1.54) is 11.1 Å². The Morgan fingerprint density at radius 3 is 1.87 bits per heavy atom. The molecule has 0 saturated heterocycles. The lowest BCUT2D eigenvalue weighted by Crippen LogP contribution is -2.32. The van der Waals surface area contributed by atoms with Crippen molar-refractivity contribution in [3.8, 4) is 0 Å². The van der Waals surface area contributed by atoms with E-state index in [-0.39, 0.29) is 11.4 Å². The molecular formula is C27H36O3. The SMILES string of the molecule is C=C(C)C(=O)OC(C)(C)CCOC(C)(C)c1ccc(C(C)(C)c2ccccc2)cc1. The van der Waals surface area contributed by atoms with Gasteiger partial charge in [0.2, 0.25) is 0 Å². The zero-order chi connectivity index (χ0) is 22.6. The van der Waals surface area contributed by atoms with Crippen molar-refractivity contribution in [2.75, 3.05) is 6.61 Å². The van der Waals surface area contributed by atoms with E-state index in [0.29, 0.717) is 18.6 Å². The van der Waals surface area contributed by atoms with Crippen molar-refractivity contribution in [3.05, 3.63) is 83.4 Å². The number of esters is 1. The van der Waals surface area contributed by atoms with Gasteiger partial charge in [0.15, 0.2) is 0 Å². The largest absolute Gasteiger partial charge is 0.456 e. The highest BCUT2D eigenvalue weighted by atomic mass is 16.6. The van der Waals surface area contributed by atoms with Crippen LogP contribution in [0.25, 0.3) is 0 Å². The van der Waals surface area contributed by atoms with Crippen molar-refractivity contribution >= 4 is 5.97 Å². The molecule has 0 aromatic heterocycles. The average molecular weight is 409 g/mol. The van der Waals surface area contributed by atoms with Crippen LogP contribution in [0, 0.1) is 0 Å². The van der Waals surface area contributed by atoms with E-state index in [1.54, 1.807) is 6.92 Å². The molecule has 162 valence electrons. The summed E-state index contributed by atoms with van der Waals surface area (Å²) in [6, 6.07) is 19.2. The van der Waals surface area contributed by atoms with Gasteiger partial charge in [0.05, 0.1) is 12.2 Å². The van der Waals surface area contributed by atoms with Crippen LogP contribution in [0.5, 0.6) is 0 Å². The highest BCUT2D eigenvalue weighted by Gasteiger charge is 2.28. The van der Waals surface area contributed by atoms with E-state index < -0.39 is 11.2 Å². The summed E-state index contributed by atoms with van der Waals surface area (Å²) in [4.78, 5) is 11.8. The summed E-state index contributed by atoms with van der Waals surface area (Å²) in [5.41, 5.74) is 2.97. The maximum atomic E-state index is 11.8. The van der Waals surface area contributed by atoms with Crippen molar-refractivity contribution in [1.29, 1.82) is 0 Å². The molecule has 3 heteroatoms. The second-order valence-corrected chi connectivity index (χ2v) is 9.61. The minimum atomic E-state index is -0.602. The maximum absolute atomic E-state index is 11.8. The molecule has 0 heterocycles. The topological polar surface area (TPSA) is 35.5 Å². The Kier molecular flexibility index (Phi) is 7.31.